The van der Waals surface area contributed by atoms with Crippen molar-refractivity contribution in [3.63, 3.8) is 0 Å². The predicted molar refractivity (Wildman–Crippen MR) is 79.8 cm³/mol. The maximum Gasteiger partial charge on any atom is 0 e. The average Bonchev–Trinajstić information content (AvgIpc) is 2.56. The Labute approximate surface area is 153 Å². The molecule has 0 aromatic carbocycles. The standard InChI is InChI=1S/C12H21O4P.3CO.Fe/c1-5-15-17(14,16-6-2)11-9-12(3,4)8-7-10(11)13;3*1-2;/h7,9,13H,5-6,8H2,1-4H3;;;;. The van der Waals surface area contributed by atoms with Crippen LogP contribution in [0.2, 0.25) is 0 Å². The molecule has 0 radical (unpaired) electrons. The van der Waals surface area contributed by atoms with Gasteiger partial charge in [0.2, 0.25) is 0 Å². The monoisotopic (exact) mass is 400 g/mol. The van der Waals surface area contributed by atoms with Crippen molar-refractivity contribution in [1.29, 1.82) is 0 Å². The first-order valence-corrected chi connectivity index (χ1v) is 8.02. The Hall–Kier alpha value is -0.831. The number of aliphatic hydroxyl groups is 1. The largest absolute Gasteiger partial charge is 0 e. The second kappa shape index (κ2) is 17.0. The molecule has 0 amide bonds. The van der Waals surface area contributed by atoms with Gasteiger partial charge in [-0.1, -0.05) is 19.9 Å². The molecule has 0 fully saturated rings. The maximum atomic E-state index is 12.6. The van der Waals surface area contributed by atoms with Gasteiger partial charge in [-0.05, 0) is 31.8 Å². The van der Waals surface area contributed by atoms with Crippen molar-refractivity contribution in [2.45, 2.75) is 34.1 Å². The smallest absolute Gasteiger partial charge is 0 e. The van der Waals surface area contributed by atoms with Gasteiger partial charge < -0.3 is 14.2 Å². The van der Waals surface area contributed by atoms with E-state index in [4.69, 9.17) is 23.0 Å². The van der Waals surface area contributed by atoms with Gasteiger partial charge in [-0.25, -0.2) is 0 Å². The van der Waals surface area contributed by atoms with Crippen LogP contribution in [0.5, 0.6) is 0 Å². The van der Waals surface area contributed by atoms with Crippen LogP contribution >= 0.6 is 7.60 Å². The summed E-state index contributed by atoms with van der Waals surface area (Å²) >= 11 is 0. The van der Waals surface area contributed by atoms with Gasteiger partial charge in [-0.2, -0.15) is 0 Å². The van der Waals surface area contributed by atoms with E-state index in [9.17, 15) is 9.67 Å². The van der Waals surface area contributed by atoms with E-state index in [0.717, 1.165) is 0 Å². The number of allylic oxidation sites excluding steroid dienone is 3. The van der Waals surface area contributed by atoms with Gasteiger partial charge in [-0.15, -0.1) is 0 Å². The summed E-state index contributed by atoms with van der Waals surface area (Å²) in [5.74, 6) is 0.00885. The van der Waals surface area contributed by atoms with E-state index >= 15 is 0 Å². The maximum absolute atomic E-state index is 12.6. The first-order chi connectivity index (χ1) is 10.8. The van der Waals surface area contributed by atoms with Crippen molar-refractivity contribution >= 4 is 7.60 Å². The molecule has 136 valence electrons. The number of hydrogen-bond acceptors (Lipinski definition) is 4. The molecule has 1 N–H and O–H groups in total. The van der Waals surface area contributed by atoms with Crippen molar-refractivity contribution in [3.8, 4) is 0 Å². The molecule has 0 aromatic rings. The quantitative estimate of drug-likeness (QED) is 0.326. The van der Waals surface area contributed by atoms with E-state index in [1.54, 1.807) is 26.0 Å². The third-order valence-electron chi connectivity index (χ3n) is 2.50. The minimum atomic E-state index is -3.39. The Morgan fingerprint density at radius 1 is 1.12 bits per heavy atom. The van der Waals surface area contributed by atoms with Gasteiger partial charge in [0.1, 0.15) is 11.1 Å². The zero-order valence-corrected chi connectivity index (χ0v) is 16.0. The summed E-state index contributed by atoms with van der Waals surface area (Å²) < 4.78 is 45.5. The minimum Gasteiger partial charge on any atom is 0 e. The number of hydrogen-bond donors (Lipinski definition) is 1. The molecule has 9 heteroatoms. The van der Waals surface area contributed by atoms with E-state index in [1.807, 2.05) is 13.8 Å². The fourth-order valence-electron chi connectivity index (χ4n) is 1.70. The van der Waals surface area contributed by atoms with Gasteiger partial charge in [0.15, 0.2) is 0 Å². The minimum absolute atomic E-state index is 0. The van der Waals surface area contributed by atoms with Crippen molar-refractivity contribution in [2.75, 3.05) is 13.2 Å². The summed E-state index contributed by atoms with van der Waals surface area (Å²) in [4.78, 5) is 0. The SMILES string of the molecule is CCOP(=O)(OCC)C1=CC(C)(C)CC=C1O.[C-]#[O+].[C-]#[O+].[C-]#[O+].[Fe]. The fourth-order valence-corrected chi connectivity index (χ4v) is 3.61. The van der Waals surface area contributed by atoms with E-state index < -0.39 is 7.60 Å². The summed E-state index contributed by atoms with van der Waals surface area (Å²) in [6, 6.07) is 0. The Balaban J connectivity index is -0.000000256. The van der Waals surface area contributed by atoms with Gasteiger partial charge >= 0.3 is 41.5 Å². The van der Waals surface area contributed by atoms with Crippen LogP contribution in [0.15, 0.2) is 23.2 Å². The molecule has 24 heavy (non-hydrogen) atoms. The molecule has 0 unspecified atom stereocenters. The molecule has 0 bridgehead atoms. The molecule has 1 aliphatic carbocycles. The normalized spacial score (nSPS) is 14.2. The summed E-state index contributed by atoms with van der Waals surface area (Å²) in [7, 11) is -3.39. The van der Waals surface area contributed by atoms with Crippen LogP contribution in [0.3, 0.4) is 0 Å². The van der Waals surface area contributed by atoms with Crippen molar-refractivity contribution in [2.24, 2.45) is 5.41 Å². The summed E-state index contributed by atoms with van der Waals surface area (Å²) in [6.07, 6.45) is 4.16. The first-order valence-electron chi connectivity index (χ1n) is 6.48. The van der Waals surface area contributed by atoms with E-state index in [-0.39, 0.29) is 46.8 Å². The van der Waals surface area contributed by atoms with Crippen LogP contribution in [-0.4, -0.2) is 18.3 Å². The molecular formula is C15H21FeO7P. The molecule has 0 heterocycles. The molecule has 0 atom stereocenters. The second-order valence-electron chi connectivity index (χ2n) is 4.64. The molecule has 0 spiro atoms. The van der Waals surface area contributed by atoms with Crippen LogP contribution in [-0.2, 0) is 44.6 Å². The van der Waals surface area contributed by atoms with Crippen molar-refractivity contribution in [3.05, 3.63) is 43.2 Å². The third-order valence-corrected chi connectivity index (χ3v) is 4.65. The Morgan fingerprint density at radius 2 is 1.50 bits per heavy atom. The Morgan fingerprint density at radius 3 is 1.83 bits per heavy atom. The zero-order valence-electron chi connectivity index (χ0n) is 14.0. The van der Waals surface area contributed by atoms with E-state index in [0.29, 0.717) is 6.42 Å². The molecule has 0 saturated heterocycles. The van der Waals surface area contributed by atoms with Crippen LogP contribution in [0.4, 0.5) is 0 Å². The number of rotatable bonds is 5. The summed E-state index contributed by atoms with van der Waals surface area (Å²) in [5.41, 5.74) is -0.147. The molecule has 0 aromatic heterocycles. The Bertz CT molecular complexity index is 479. The van der Waals surface area contributed by atoms with Crippen LogP contribution in [0.25, 0.3) is 0 Å². The van der Waals surface area contributed by atoms with E-state index in [1.165, 1.54) is 0 Å². The summed E-state index contributed by atoms with van der Waals surface area (Å²) in [5, 5.41) is 10.1. The van der Waals surface area contributed by atoms with Crippen molar-refractivity contribution < 1.29 is 49.7 Å². The molecule has 7 nitrogen and oxygen atoms in total. The first kappa shape index (κ1) is 31.0. The van der Waals surface area contributed by atoms with Gasteiger partial charge in [-0.3, -0.25) is 4.57 Å². The van der Waals surface area contributed by atoms with Crippen LogP contribution in [0, 0.1) is 25.4 Å². The molecule has 0 aliphatic heterocycles. The molecular weight excluding hydrogens is 379 g/mol. The summed E-state index contributed by atoms with van der Waals surface area (Å²) in [6.45, 7) is 21.6. The topological polar surface area (TPSA) is 115 Å². The predicted octanol–water partition coefficient (Wildman–Crippen LogP) is 3.89. The van der Waals surface area contributed by atoms with Crippen LogP contribution < -0.4 is 0 Å². The Kier molecular flexibility index (Phi) is 22.0. The second-order valence-corrected chi connectivity index (χ2v) is 6.64. The molecule has 0 saturated carbocycles. The van der Waals surface area contributed by atoms with Gasteiger partial charge in [0.25, 0.3) is 0 Å². The van der Waals surface area contributed by atoms with Gasteiger partial charge in [0, 0.05) is 17.1 Å². The number of aliphatic hydroxyl groups excluding tert-OH is 1. The van der Waals surface area contributed by atoms with Crippen molar-refractivity contribution in [1.82, 2.24) is 0 Å². The van der Waals surface area contributed by atoms with E-state index in [2.05, 4.69) is 20.0 Å². The fraction of sp³-hybridized carbons (Fsp3) is 0.533. The molecule has 1 aliphatic rings. The molecule has 1 rings (SSSR count). The third kappa shape index (κ3) is 10.9. The van der Waals surface area contributed by atoms with Crippen LogP contribution in [0.1, 0.15) is 34.1 Å². The average molecular weight is 400 g/mol. The zero-order chi connectivity index (χ0) is 19.1. The van der Waals surface area contributed by atoms with Gasteiger partial charge in [0.05, 0.1) is 13.2 Å².